The second-order valence-electron chi connectivity index (χ2n) is 7.20. The van der Waals surface area contributed by atoms with Crippen LogP contribution in [0.1, 0.15) is 25.0 Å². The summed E-state index contributed by atoms with van der Waals surface area (Å²) in [6.45, 7) is 6.71. The molecule has 5 nitrogen and oxygen atoms in total. The number of carbonyl (C=O) groups excluding carboxylic acids is 2. The number of amides is 2. The summed E-state index contributed by atoms with van der Waals surface area (Å²) < 4.78 is 0. The summed E-state index contributed by atoms with van der Waals surface area (Å²) in [7, 11) is 1.79. The molecule has 0 aliphatic carbocycles. The summed E-state index contributed by atoms with van der Waals surface area (Å²) in [5.41, 5.74) is 3.03. The van der Waals surface area contributed by atoms with Gasteiger partial charge < -0.3 is 10.2 Å². The minimum absolute atomic E-state index is 0.0377. The number of carbonyl (C=O) groups is 2. The summed E-state index contributed by atoms with van der Waals surface area (Å²) in [6.07, 6.45) is 0. The van der Waals surface area contributed by atoms with E-state index in [9.17, 15) is 9.59 Å². The summed E-state index contributed by atoms with van der Waals surface area (Å²) in [5, 5.41) is 2.85. The lowest BCUT2D eigenvalue weighted by Gasteiger charge is -2.26. The van der Waals surface area contributed by atoms with Crippen LogP contribution in [-0.4, -0.2) is 42.9 Å². The Morgan fingerprint density at radius 3 is 2.33 bits per heavy atom. The number of rotatable bonds is 8. The van der Waals surface area contributed by atoms with E-state index in [0.29, 0.717) is 6.54 Å². The molecule has 5 heteroatoms. The molecule has 0 atom stereocenters. The van der Waals surface area contributed by atoms with Crippen molar-refractivity contribution in [3.05, 3.63) is 65.7 Å². The van der Waals surface area contributed by atoms with Crippen molar-refractivity contribution in [1.29, 1.82) is 0 Å². The van der Waals surface area contributed by atoms with Crippen LogP contribution in [0.2, 0.25) is 0 Å². The SMILES string of the molecule is Cc1cccc(N(Cc2ccccc2)C(=O)CN(C)CC(=O)NC(C)C)c1. The van der Waals surface area contributed by atoms with Gasteiger partial charge in [0.15, 0.2) is 0 Å². The number of benzene rings is 2. The largest absolute Gasteiger partial charge is 0.353 e. The molecule has 0 unspecified atom stereocenters. The highest BCUT2D eigenvalue weighted by Gasteiger charge is 2.19. The van der Waals surface area contributed by atoms with Gasteiger partial charge in [0, 0.05) is 11.7 Å². The predicted octanol–water partition coefficient (Wildman–Crippen LogP) is 2.98. The van der Waals surface area contributed by atoms with Crippen LogP contribution in [0.15, 0.2) is 54.6 Å². The van der Waals surface area contributed by atoms with Crippen LogP contribution in [0.25, 0.3) is 0 Å². The van der Waals surface area contributed by atoms with Crippen LogP contribution >= 0.6 is 0 Å². The number of nitrogens with zero attached hydrogens (tertiary/aromatic N) is 2. The van der Waals surface area contributed by atoms with Gasteiger partial charge in [-0.15, -0.1) is 0 Å². The van der Waals surface area contributed by atoms with Crippen molar-refractivity contribution in [1.82, 2.24) is 10.2 Å². The van der Waals surface area contributed by atoms with E-state index in [1.807, 2.05) is 75.4 Å². The molecule has 2 aromatic rings. The monoisotopic (exact) mass is 367 g/mol. The van der Waals surface area contributed by atoms with Crippen LogP contribution in [0.4, 0.5) is 5.69 Å². The van der Waals surface area contributed by atoms with Gasteiger partial charge in [0.05, 0.1) is 19.6 Å². The second kappa shape index (κ2) is 9.88. The Balaban J connectivity index is 2.12. The fourth-order valence-electron chi connectivity index (χ4n) is 2.87. The van der Waals surface area contributed by atoms with Crippen molar-refractivity contribution in [2.45, 2.75) is 33.4 Å². The van der Waals surface area contributed by atoms with E-state index in [2.05, 4.69) is 5.32 Å². The fourth-order valence-corrected chi connectivity index (χ4v) is 2.87. The Hall–Kier alpha value is -2.66. The van der Waals surface area contributed by atoms with Crippen LogP contribution in [0, 0.1) is 6.92 Å². The van der Waals surface area contributed by atoms with Crippen LogP contribution in [0.5, 0.6) is 0 Å². The lowest BCUT2D eigenvalue weighted by molar-refractivity contribution is -0.123. The number of nitrogens with one attached hydrogen (secondary N) is 1. The second-order valence-corrected chi connectivity index (χ2v) is 7.20. The summed E-state index contributed by atoms with van der Waals surface area (Å²) >= 11 is 0. The number of hydrogen-bond donors (Lipinski definition) is 1. The Morgan fingerprint density at radius 1 is 1.00 bits per heavy atom. The van der Waals surface area contributed by atoms with Gasteiger partial charge in [-0.05, 0) is 51.1 Å². The first-order valence-electron chi connectivity index (χ1n) is 9.24. The highest BCUT2D eigenvalue weighted by molar-refractivity contribution is 5.95. The average Bonchev–Trinajstić information content (AvgIpc) is 2.59. The first-order valence-corrected chi connectivity index (χ1v) is 9.24. The molecule has 0 spiro atoms. The minimum atomic E-state index is -0.0783. The van der Waals surface area contributed by atoms with Gasteiger partial charge >= 0.3 is 0 Å². The van der Waals surface area contributed by atoms with Gasteiger partial charge in [-0.3, -0.25) is 14.5 Å². The Morgan fingerprint density at radius 2 is 1.70 bits per heavy atom. The van der Waals surface area contributed by atoms with E-state index in [1.165, 1.54) is 0 Å². The van der Waals surface area contributed by atoms with Gasteiger partial charge in [-0.1, -0.05) is 42.5 Å². The molecule has 27 heavy (non-hydrogen) atoms. The van der Waals surface area contributed by atoms with Crippen molar-refractivity contribution >= 4 is 17.5 Å². The molecule has 0 saturated heterocycles. The van der Waals surface area contributed by atoms with Gasteiger partial charge in [-0.2, -0.15) is 0 Å². The summed E-state index contributed by atoms with van der Waals surface area (Å²) in [4.78, 5) is 28.5. The molecule has 0 bridgehead atoms. The number of hydrogen-bond acceptors (Lipinski definition) is 3. The zero-order valence-corrected chi connectivity index (χ0v) is 16.6. The van der Waals surface area contributed by atoms with Crippen molar-refractivity contribution in [2.24, 2.45) is 0 Å². The molecule has 0 fully saturated rings. The molecule has 2 amide bonds. The first kappa shape index (κ1) is 20.6. The molecule has 0 saturated carbocycles. The Kier molecular flexibility index (Phi) is 7.55. The lowest BCUT2D eigenvalue weighted by atomic mass is 10.1. The Bertz CT molecular complexity index is 759. The molecule has 0 radical (unpaired) electrons. The van der Waals surface area contributed by atoms with E-state index in [1.54, 1.807) is 16.8 Å². The van der Waals surface area contributed by atoms with E-state index >= 15 is 0 Å². The molecule has 0 aromatic heterocycles. The van der Waals surface area contributed by atoms with Crippen LogP contribution in [-0.2, 0) is 16.1 Å². The predicted molar refractivity (Wildman–Crippen MR) is 110 cm³/mol. The topological polar surface area (TPSA) is 52.7 Å². The van der Waals surface area contributed by atoms with E-state index in [-0.39, 0.29) is 30.9 Å². The number of anilines is 1. The summed E-state index contributed by atoms with van der Waals surface area (Å²) in [5.74, 6) is -0.116. The maximum absolute atomic E-state index is 13.0. The molecule has 0 aliphatic heterocycles. The minimum Gasteiger partial charge on any atom is -0.353 e. The van der Waals surface area contributed by atoms with E-state index < -0.39 is 0 Å². The molecule has 2 aromatic carbocycles. The maximum Gasteiger partial charge on any atom is 0.241 e. The quantitative estimate of drug-likeness (QED) is 0.780. The zero-order valence-electron chi connectivity index (χ0n) is 16.6. The number of likely N-dealkylation sites (N-methyl/N-ethyl adjacent to an activating group) is 1. The van der Waals surface area contributed by atoms with Crippen LogP contribution in [0.3, 0.4) is 0 Å². The molecular weight excluding hydrogens is 338 g/mol. The van der Waals surface area contributed by atoms with Crippen molar-refractivity contribution in [3.8, 4) is 0 Å². The van der Waals surface area contributed by atoms with Crippen molar-refractivity contribution in [3.63, 3.8) is 0 Å². The molecule has 0 heterocycles. The number of aryl methyl sites for hydroxylation is 1. The molecular formula is C22H29N3O2. The summed E-state index contributed by atoms with van der Waals surface area (Å²) in [6, 6.07) is 17.9. The van der Waals surface area contributed by atoms with Gasteiger partial charge in [0.25, 0.3) is 0 Å². The highest BCUT2D eigenvalue weighted by Crippen LogP contribution is 2.19. The van der Waals surface area contributed by atoms with Gasteiger partial charge in [0.2, 0.25) is 11.8 Å². The maximum atomic E-state index is 13.0. The Labute approximate surface area is 162 Å². The van der Waals surface area contributed by atoms with E-state index in [4.69, 9.17) is 0 Å². The van der Waals surface area contributed by atoms with E-state index in [0.717, 1.165) is 16.8 Å². The molecule has 1 N–H and O–H groups in total. The normalized spacial score (nSPS) is 10.9. The van der Waals surface area contributed by atoms with Crippen LogP contribution < -0.4 is 10.2 Å². The third kappa shape index (κ3) is 6.87. The average molecular weight is 367 g/mol. The van der Waals surface area contributed by atoms with Crippen molar-refractivity contribution < 1.29 is 9.59 Å². The van der Waals surface area contributed by atoms with Gasteiger partial charge in [0.1, 0.15) is 0 Å². The standard InChI is InChI=1S/C22H29N3O2/c1-17(2)23-21(26)15-24(4)16-22(27)25(14-19-10-6-5-7-11-19)20-12-8-9-18(3)13-20/h5-13,17H,14-16H2,1-4H3,(H,23,26). The van der Waals surface area contributed by atoms with Crippen molar-refractivity contribution in [2.75, 3.05) is 25.0 Å². The first-order chi connectivity index (χ1) is 12.8. The smallest absolute Gasteiger partial charge is 0.241 e. The highest BCUT2D eigenvalue weighted by atomic mass is 16.2. The van der Waals surface area contributed by atoms with Gasteiger partial charge in [-0.25, -0.2) is 0 Å². The third-order valence-corrected chi connectivity index (χ3v) is 4.07. The zero-order chi connectivity index (χ0) is 19.8. The molecule has 144 valence electrons. The molecule has 2 rings (SSSR count). The third-order valence-electron chi connectivity index (χ3n) is 4.07. The fraction of sp³-hybridized carbons (Fsp3) is 0.364. The molecule has 0 aliphatic rings. The lowest BCUT2D eigenvalue weighted by Crippen LogP contribution is -2.43.